The fraction of sp³-hybridized carbons (Fsp3) is 0.0435. The van der Waals surface area contributed by atoms with E-state index in [0.29, 0.717) is 29.8 Å². The number of amides is 1. The molecule has 28 heavy (non-hydrogen) atoms. The van der Waals surface area contributed by atoms with Gasteiger partial charge in [0.2, 0.25) is 5.12 Å². The standard InChI is InChI=1S/C23H17NO3S/c25-22-21(24-23(26)28-22)14-17-5-4-8-20(13-17)27-15-16-9-11-19(12-10-16)18-6-2-1-3-7-18/h1-14H,15H2,(H,24,26). The van der Waals surface area contributed by atoms with Crippen LogP contribution in [0.4, 0.5) is 4.79 Å². The number of hydrogen-bond acceptors (Lipinski definition) is 4. The molecule has 0 radical (unpaired) electrons. The summed E-state index contributed by atoms with van der Waals surface area (Å²) < 4.78 is 5.88. The van der Waals surface area contributed by atoms with Crippen molar-refractivity contribution < 1.29 is 14.3 Å². The molecule has 0 unspecified atom stereocenters. The van der Waals surface area contributed by atoms with Crippen LogP contribution in [-0.2, 0) is 11.4 Å². The molecule has 1 N–H and O–H groups in total. The monoisotopic (exact) mass is 387 g/mol. The maximum atomic E-state index is 11.7. The van der Waals surface area contributed by atoms with E-state index in [1.807, 2.05) is 42.5 Å². The lowest BCUT2D eigenvalue weighted by Gasteiger charge is -2.08. The highest BCUT2D eigenvalue weighted by atomic mass is 32.2. The lowest BCUT2D eigenvalue weighted by molar-refractivity contribution is -0.107. The van der Waals surface area contributed by atoms with E-state index >= 15 is 0 Å². The van der Waals surface area contributed by atoms with Crippen LogP contribution < -0.4 is 10.1 Å². The smallest absolute Gasteiger partial charge is 0.291 e. The number of carbonyl (C=O) groups excluding carboxylic acids is 2. The third-order valence-corrected chi connectivity index (χ3v) is 4.97. The zero-order valence-electron chi connectivity index (χ0n) is 14.9. The molecule has 0 aliphatic carbocycles. The molecule has 1 heterocycles. The van der Waals surface area contributed by atoms with Gasteiger partial charge in [0.25, 0.3) is 5.24 Å². The Labute approximate surface area is 167 Å². The van der Waals surface area contributed by atoms with Crippen LogP contribution in [-0.4, -0.2) is 10.4 Å². The first-order chi connectivity index (χ1) is 13.7. The van der Waals surface area contributed by atoms with E-state index in [-0.39, 0.29) is 10.4 Å². The average Bonchev–Trinajstić information content (AvgIpc) is 3.04. The Morgan fingerprint density at radius 1 is 0.857 bits per heavy atom. The van der Waals surface area contributed by atoms with Crippen molar-refractivity contribution >= 4 is 28.2 Å². The van der Waals surface area contributed by atoms with Crippen LogP contribution >= 0.6 is 11.8 Å². The number of carbonyl (C=O) groups is 2. The summed E-state index contributed by atoms with van der Waals surface area (Å²) in [6.07, 6.45) is 1.65. The van der Waals surface area contributed by atoms with Crippen molar-refractivity contribution in [1.82, 2.24) is 5.32 Å². The minimum absolute atomic E-state index is 0.269. The van der Waals surface area contributed by atoms with Gasteiger partial charge in [-0.1, -0.05) is 66.7 Å². The van der Waals surface area contributed by atoms with Gasteiger partial charge in [0.15, 0.2) is 0 Å². The second-order valence-corrected chi connectivity index (χ2v) is 7.23. The summed E-state index contributed by atoms with van der Waals surface area (Å²) in [5, 5.41) is 1.93. The van der Waals surface area contributed by atoms with Crippen molar-refractivity contribution in [2.24, 2.45) is 0 Å². The van der Waals surface area contributed by atoms with E-state index in [1.54, 1.807) is 6.08 Å². The van der Waals surface area contributed by atoms with Gasteiger partial charge in [-0.25, -0.2) is 0 Å². The van der Waals surface area contributed by atoms with Crippen LogP contribution in [0.1, 0.15) is 11.1 Å². The Bertz CT molecular complexity index is 1040. The van der Waals surface area contributed by atoms with Gasteiger partial charge in [-0.3, -0.25) is 9.59 Å². The summed E-state index contributed by atoms with van der Waals surface area (Å²) in [5.74, 6) is 0.700. The van der Waals surface area contributed by atoms with Crippen LogP contribution in [0.25, 0.3) is 17.2 Å². The zero-order chi connectivity index (χ0) is 19.3. The van der Waals surface area contributed by atoms with Crippen LogP contribution in [0.15, 0.2) is 84.6 Å². The SMILES string of the molecule is O=C1NC(=Cc2cccc(OCc3ccc(-c4ccccc4)cc3)c2)C(=O)S1. The van der Waals surface area contributed by atoms with Gasteiger partial charge in [0.05, 0.1) is 5.70 Å². The highest BCUT2D eigenvalue weighted by Crippen LogP contribution is 2.23. The lowest BCUT2D eigenvalue weighted by atomic mass is 10.0. The van der Waals surface area contributed by atoms with Gasteiger partial charge in [-0.05, 0) is 40.5 Å². The molecule has 0 bridgehead atoms. The third-order valence-electron chi connectivity index (χ3n) is 4.28. The predicted octanol–water partition coefficient (Wildman–Crippen LogP) is 5.26. The van der Waals surface area contributed by atoms with Gasteiger partial charge in [-0.15, -0.1) is 0 Å². The number of ether oxygens (including phenoxy) is 1. The molecule has 3 aromatic rings. The lowest BCUT2D eigenvalue weighted by Crippen LogP contribution is -2.10. The Morgan fingerprint density at radius 2 is 1.61 bits per heavy atom. The van der Waals surface area contributed by atoms with Gasteiger partial charge < -0.3 is 10.1 Å². The van der Waals surface area contributed by atoms with E-state index < -0.39 is 0 Å². The molecule has 138 valence electrons. The van der Waals surface area contributed by atoms with E-state index in [1.165, 1.54) is 11.1 Å². The fourth-order valence-electron chi connectivity index (χ4n) is 2.87. The molecule has 4 nitrogen and oxygen atoms in total. The molecule has 1 aliphatic heterocycles. The molecule has 1 amide bonds. The molecule has 1 aliphatic rings. The predicted molar refractivity (Wildman–Crippen MR) is 112 cm³/mol. The Hall–Kier alpha value is -3.31. The first-order valence-corrected chi connectivity index (χ1v) is 9.61. The molecule has 4 rings (SSSR count). The van der Waals surface area contributed by atoms with Crippen molar-refractivity contribution in [3.05, 3.63) is 95.7 Å². The number of thioether (sulfide) groups is 1. The molecule has 5 heteroatoms. The molecular weight excluding hydrogens is 370 g/mol. The van der Waals surface area contributed by atoms with Gasteiger partial charge in [-0.2, -0.15) is 0 Å². The normalized spacial score (nSPS) is 14.9. The summed E-state index contributed by atoms with van der Waals surface area (Å²) in [5.41, 5.74) is 4.51. The van der Waals surface area contributed by atoms with Crippen LogP contribution in [0.2, 0.25) is 0 Å². The summed E-state index contributed by atoms with van der Waals surface area (Å²) >= 11 is 0.670. The second kappa shape index (κ2) is 8.15. The molecule has 0 spiro atoms. The second-order valence-electron chi connectivity index (χ2n) is 6.28. The van der Waals surface area contributed by atoms with E-state index in [9.17, 15) is 9.59 Å². The quantitative estimate of drug-likeness (QED) is 0.607. The van der Waals surface area contributed by atoms with Crippen molar-refractivity contribution in [3.8, 4) is 16.9 Å². The maximum absolute atomic E-state index is 11.7. The van der Waals surface area contributed by atoms with Crippen LogP contribution in [0, 0.1) is 0 Å². The Kier molecular flexibility index (Phi) is 5.26. The maximum Gasteiger partial charge on any atom is 0.291 e. The molecule has 3 aromatic carbocycles. The first-order valence-electron chi connectivity index (χ1n) is 8.79. The number of nitrogens with one attached hydrogen (secondary N) is 1. The number of hydrogen-bond donors (Lipinski definition) is 1. The highest BCUT2D eigenvalue weighted by Gasteiger charge is 2.25. The largest absolute Gasteiger partial charge is 0.489 e. The summed E-state index contributed by atoms with van der Waals surface area (Å²) in [7, 11) is 0. The van der Waals surface area contributed by atoms with Crippen molar-refractivity contribution in [2.45, 2.75) is 6.61 Å². The molecule has 0 aromatic heterocycles. The van der Waals surface area contributed by atoms with E-state index in [4.69, 9.17) is 4.74 Å². The van der Waals surface area contributed by atoms with Crippen molar-refractivity contribution in [1.29, 1.82) is 0 Å². The van der Waals surface area contributed by atoms with Gasteiger partial charge in [0.1, 0.15) is 12.4 Å². The minimum Gasteiger partial charge on any atom is -0.489 e. The van der Waals surface area contributed by atoms with Gasteiger partial charge >= 0.3 is 0 Å². The van der Waals surface area contributed by atoms with E-state index in [0.717, 1.165) is 11.1 Å². The Balaban J connectivity index is 1.42. The molecule has 1 fully saturated rings. The van der Waals surface area contributed by atoms with Crippen molar-refractivity contribution in [2.75, 3.05) is 0 Å². The summed E-state index contributed by atoms with van der Waals surface area (Å²) in [6, 6.07) is 25.9. The van der Waals surface area contributed by atoms with Crippen LogP contribution in [0.5, 0.6) is 5.75 Å². The summed E-state index contributed by atoms with van der Waals surface area (Å²) in [4.78, 5) is 23.0. The first kappa shape index (κ1) is 18.1. The molecule has 1 saturated heterocycles. The van der Waals surface area contributed by atoms with Crippen LogP contribution in [0.3, 0.4) is 0 Å². The molecule has 0 saturated carbocycles. The van der Waals surface area contributed by atoms with Gasteiger partial charge in [0, 0.05) is 11.8 Å². The number of benzene rings is 3. The van der Waals surface area contributed by atoms with E-state index in [2.05, 4.69) is 41.7 Å². The molecular formula is C23H17NO3S. The number of rotatable bonds is 5. The third kappa shape index (κ3) is 4.32. The zero-order valence-corrected chi connectivity index (χ0v) is 15.7. The Morgan fingerprint density at radius 3 is 2.32 bits per heavy atom. The summed E-state index contributed by atoms with van der Waals surface area (Å²) in [6.45, 7) is 0.445. The minimum atomic E-state index is -0.345. The highest BCUT2D eigenvalue weighted by molar-refractivity contribution is 8.27. The molecule has 0 atom stereocenters. The fourth-order valence-corrected chi connectivity index (χ4v) is 3.42. The topological polar surface area (TPSA) is 55.4 Å². The average molecular weight is 387 g/mol. The van der Waals surface area contributed by atoms with Crippen molar-refractivity contribution in [3.63, 3.8) is 0 Å².